The van der Waals surface area contributed by atoms with Crippen LogP contribution in [0.15, 0.2) is 24.3 Å². The number of hydrogen-bond acceptors (Lipinski definition) is 3. The molecule has 7 heteroatoms. The topological polar surface area (TPSA) is 43.4 Å². The summed E-state index contributed by atoms with van der Waals surface area (Å²) in [6.07, 6.45) is 0.986. The van der Waals surface area contributed by atoms with Crippen LogP contribution in [-0.2, 0) is 14.3 Å². The van der Waals surface area contributed by atoms with E-state index in [1.165, 1.54) is 0 Å². The second-order valence-corrected chi connectivity index (χ2v) is 5.55. The predicted molar refractivity (Wildman–Crippen MR) is 68.0 cm³/mol. The lowest BCUT2D eigenvalue weighted by Crippen LogP contribution is -2.04. The minimum Gasteiger partial charge on any atom is -0.269 e. The molecule has 0 saturated heterocycles. The summed E-state index contributed by atoms with van der Waals surface area (Å²) in [6, 6.07) is 7.08. The zero-order chi connectivity index (χ0) is 12.6. The van der Waals surface area contributed by atoms with E-state index in [0.717, 1.165) is 6.26 Å². The lowest BCUT2D eigenvalue weighted by atomic mass is 10.4. The number of hydrogen-bond donors (Lipinski definition) is 0. The van der Waals surface area contributed by atoms with Crippen LogP contribution in [0.2, 0.25) is 10.0 Å². The maximum atomic E-state index is 10.1. The van der Waals surface area contributed by atoms with Crippen LogP contribution >= 0.6 is 34.8 Å². The Bertz CT molecular complexity index is 389. The summed E-state index contributed by atoms with van der Waals surface area (Å²) in [7, 11) is -3.27. The molecule has 0 aliphatic rings. The monoisotopic (exact) mass is 304 g/mol. The molecule has 1 aromatic rings. The second kappa shape index (κ2) is 8.14. The van der Waals surface area contributed by atoms with E-state index in [2.05, 4.69) is 4.18 Å². The average Bonchev–Trinajstić information content (AvgIpc) is 2.14. The fraction of sp³-hybridized carbons (Fsp3) is 0.333. The molecule has 0 aromatic heterocycles. The predicted octanol–water partition coefficient (Wildman–Crippen LogP) is 3.19. The van der Waals surface area contributed by atoms with Gasteiger partial charge in [0.15, 0.2) is 0 Å². The lowest BCUT2D eigenvalue weighted by Gasteiger charge is -1.93. The molecule has 0 aliphatic heterocycles. The molecular weight excluding hydrogens is 295 g/mol. The van der Waals surface area contributed by atoms with Crippen LogP contribution in [0.25, 0.3) is 0 Å². The summed E-state index contributed by atoms with van der Waals surface area (Å²) < 4.78 is 24.4. The van der Waals surface area contributed by atoms with Crippen molar-refractivity contribution in [1.82, 2.24) is 0 Å². The van der Waals surface area contributed by atoms with Crippen molar-refractivity contribution in [1.29, 1.82) is 0 Å². The molecule has 0 spiro atoms. The van der Waals surface area contributed by atoms with Gasteiger partial charge in [-0.3, -0.25) is 4.18 Å². The van der Waals surface area contributed by atoms with Gasteiger partial charge in [-0.15, -0.1) is 11.6 Å². The van der Waals surface area contributed by atoms with E-state index >= 15 is 0 Å². The van der Waals surface area contributed by atoms with Crippen molar-refractivity contribution in [2.75, 3.05) is 18.7 Å². The Morgan fingerprint density at radius 3 is 1.94 bits per heavy atom. The molecule has 0 atom stereocenters. The van der Waals surface area contributed by atoms with Crippen LogP contribution < -0.4 is 0 Å². The van der Waals surface area contributed by atoms with Gasteiger partial charge in [-0.2, -0.15) is 8.42 Å². The van der Waals surface area contributed by atoms with Gasteiger partial charge >= 0.3 is 0 Å². The number of halogens is 3. The van der Waals surface area contributed by atoms with Gasteiger partial charge in [-0.05, 0) is 18.2 Å². The summed E-state index contributed by atoms with van der Waals surface area (Å²) >= 11 is 16.2. The van der Waals surface area contributed by atoms with Crippen molar-refractivity contribution in [2.24, 2.45) is 0 Å². The molecule has 0 fully saturated rings. The van der Waals surface area contributed by atoms with Gasteiger partial charge < -0.3 is 0 Å². The molecule has 3 nitrogen and oxygen atoms in total. The highest BCUT2D eigenvalue weighted by molar-refractivity contribution is 7.85. The minimum absolute atomic E-state index is 0.0559. The smallest absolute Gasteiger partial charge is 0.264 e. The molecular formula is C9H11Cl3O3S. The molecule has 0 amide bonds. The van der Waals surface area contributed by atoms with Crippen LogP contribution in [0.5, 0.6) is 0 Å². The van der Waals surface area contributed by atoms with Crippen LogP contribution in [0.4, 0.5) is 0 Å². The Balaban J connectivity index is 0.000000281. The average molecular weight is 306 g/mol. The first-order chi connectivity index (χ1) is 7.35. The normalized spacial score (nSPS) is 10.5. The minimum atomic E-state index is -3.27. The van der Waals surface area contributed by atoms with Gasteiger partial charge in [-0.25, -0.2) is 0 Å². The Morgan fingerprint density at radius 2 is 1.75 bits per heavy atom. The SMILES string of the molecule is CS(=O)(=O)OCCCl.Clc1cccc(Cl)c1. The molecule has 0 saturated carbocycles. The molecule has 0 N–H and O–H groups in total. The molecule has 0 unspecified atom stereocenters. The summed E-state index contributed by atoms with van der Waals surface area (Å²) in [4.78, 5) is 0. The Kier molecular flexibility index (Phi) is 8.14. The Morgan fingerprint density at radius 1 is 1.25 bits per heavy atom. The molecule has 1 rings (SSSR count). The third-order valence-electron chi connectivity index (χ3n) is 1.16. The van der Waals surface area contributed by atoms with E-state index < -0.39 is 10.1 Å². The van der Waals surface area contributed by atoms with E-state index in [1.807, 2.05) is 6.07 Å². The van der Waals surface area contributed by atoms with E-state index in [-0.39, 0.29) is 12.5 Å². The van der Waals surface area contributed by atoms with Gasteiger partial charge in [0.1, 0.15) is 0 Å². The molecule has 1 aromatic carbocycles. The third kappa shape index (κ3) is 10.5. The maximum Gasteiger partial charge on any atom is 0.264 e. The molecule has 92 valence electrons. The van der Waals surface area contributed by atoms with Crippen molar-refractivity contribution in [2.45, 2.75) is 0 Å². The number of alkyl halides is 1. The van der Waals surface area contributed by atoms with Gasteiger partial charge in [-0.1, -0.05) is 29.3 Å². The number of benzene rings is 1. The second-order valence-electron chi connectivity index (χ2n) is 2.65. The summed E-state index contributed by atoms with van der Waals surface area (Å²) in [5, 5.41) is 1.36. The number of rotatable bonds is 3. The standard InChI is InChI=1S/C6H4Cl2.C3H7ClO3S/c7-5-2-1-3-6(8)4-5;1-8(5,6)7-3-2-4/h1-4H;2-3H2,1H3. The molecule has 0 bridgehead atoms. The van der Waals surface area contributed by atoms with Crippen LogP contribution in [0, 0.1) is 0 Å². The van der Waals surface area contributed by atoms with Gasteiger partial charge in [0.05, 0.1) is 12.9 Å². The van der Waals surface area contributed by atoms with Crippen molar-refractivity contribution < 1.29 is 12.6 Å². The van der Waals surface area contributed by atoms with Gasteiger partial charge in [0, 0.05) is 15.9 Å². The van der Waals surface area contributed by atoms with Crippen molar-refractivity contribution >= 4 is 44.9 Å². The third-order valence-corrected chi connectivity index (χ3v) is 2.38. The highest BCUT2D eigenvalue weighted by Gasteiger charge is 1.97. The highest BCUT2D eigenvalue weighted by Crippen LogP contribution is 2.13. The van der Waals surface area contributed by atoms with E-state index in [4.69, 9.17) is 34.8 Å². The molecule has 16 heavy (non-hydrogen) atoms. The van der Waals surface area contributed by atoms with E-state index in [1.54, 1.807) is 18.2 Å². The van der Waals surface area contributed by atoms with Gasteiger partial charge in [0.2, 0.25) is 0 Å². The Hall–Kier alpha value is -0.000000000000000167. The van der Waals surface area contributed by atoms with Crippen molar-refractivity contribution in [3.05, 3.63) is 34.3 Å². The molecule has 0 aliphatic carbocycles. The summed E-state index contributed by atoms with van der Waals surface area (Å²) in [6.45, 7) is 0.0559. The zero-order valence-corrected chi connectivity index (χ0v) is 11.6. The van der Waals surface area contributed by atoms with E-state index in [0.29, 0.717) is 10.0 Å². The first-order valence-electron chi connectivity index (χ1n) is 4.16. The molecule has 0 heterocycles. The van der Waals surface area contributed by atoms with Crippen LogP contribution in [-0.4, -0.2) is 27.2 Å². The largest absolute Gasteiger partial charge is 0.269 e. The fourth-order valence-corrected chi connectivity index (χ4v) is 1.63. The maximum absolute atomic E-state index is 10.1. The van der Waals surface area contributed by atoms with Gasteiger partial charge in [0.25, 0.3) is 10.1 Å². The zero-order valence-electron chi connectivity index (χ0n) is 8.49. The fourth-order valence-electron chi connectivity index (χ4n) is 0.643. The quantitative estimate of drug-likeness (QED) is 0.636. The lowest BCUT2D eigenvalue weighted by molar-refractivity contribution is 0.344. The summed E-state index contributed by atoms with van der Waals surface area (Å²) in [5.41, 5.74) is 0. The Labute approximate surface area is 110 Å². The van der Waals surface area contributed by atoms with E-state index in [9.17, 15) is 8.42 Å². The van der Waals surface area contributed by atoms with Crippen LogP contribution in [0.1, 0.15) is 0 Å². The van der Waals surface area contributed by atoms with Crippen molar-refractivity contribution in [3.8, 4) is 0 Å². The molecule has 0 radical (unpaired) electrons. The first-order valence-corrected chi connectivity index (χ1v) is 7.27. The first kappa shape index (κ1) is 16.0. The van der Waals surface area contributed by atoms with Crippen molar-refractivity contribution in [3.63, 3.8) is 0 Å². The summed E-state index contributed by atoms with van der Waals surface area (Å²) in [5.74, 6) is 0.201. The van der Waals surface area contributed by atoms with Crippen LogP contribution in [0.3, 0.4) is 0 Å². The highest BCUT2D eigenvalue weighted by atomic mass is 35.5.